The summed E-state index contributed by atoms with van der Waals surface area (Å²) in [5, 5.41) is 3.32. The van der Waals surface area contributed by atoms with Crippen molar-refractivity contribution in [3.63, 3.8) is 0 Å². The average molecular weight is 503 g/mol. The van der Waals surface area contributed by atoms with Crippen molar-refractivity contribution in [1.82, 2.24) is 19.7 Å². The second-order valence-corrected chi connectivity index (χ2v) is 10.2. The number of nitrogens with one attached hydrogen (secondary N) is 1. The summed E-state index contributed by atoms with van der Waals surface area (Å²) in [5.74, 6) is -1.81. The first-order valence-corrected chi connectivity index (χ1v) is 12.6. The number of carbonyl (C=O) groups excluding carboxylic acids is 4. The molecular weight excluding hydrogens is 475 g/mol. The molecule has 8 nitrogen and oxygen atoms in total. The first kappa shape index (κ1) is 23.5. The number of imide groups is 2. The SMILES string of the molecule is Cn1cc(C2CCN(Cc3ccc4c(c3)C(=O)N(C3CCC(=O)NC3=O)C4=O)CC2)c2ccc(F)cc21. The summed E-state index contributed by atoms with van der Waals surface area (Å²) in [6, 6.07) is 9.29. The van der Waals surface area contributed by atoms with Crippen LogP contribution in [0.15, 0.2) is 42.6 Å². The number of halogens is 1. The predicted molar refractivity (Wildman–Crippen MR) is 133 cm³/mol. The third kappa shape index (κ3) is 4.03. The van der Waals surface area contributed by atoms with Gasteiger partial charge in [-0.05, 0) is 79.7 Å². The molecular formula is C28H27FN4O4. The number of nitrogens with zero attached hydrogens (tertiary/aromatic N) is 3. The van der Waals surface area contributed by atoms with E-state index in [-0.39, 0.29) is 18.7 Å². The topological polar surface area (TPSA) is 91.7 Å². The third-order valence-corrected chi connectivity index (χ3v) is 7.92. The van der Waals surface area contributed by atoms with Crippen LogP contribution in [0.2, 0.25) is 0 Å². The van der Waals surface area contributed by atoms with Crippen LogP contribution in [0.4, 0.5) is 4.39 Å². The Balaban J connectivity index is 1.14. The molecule has 4 amide bonds. The fourth-order valence-corrected chi connectivity index (χ4v) is 5.99. The molecule has 2 aromatic carbocycles. The van der Waals surface area contributed by atoms with Crippen molar-refractivity contribution in [2.75, 3.05) is 13.1 Å². The van der Waals surface area contributed by atoms with E-state index in [1.54, 1.807) is 18.2 Å². The van der Waals surface area contributed by atoms with Crippen molar-refractivity contribution >= 4 is 34.5 Å². The van der Waals surface area contributed by atoms with E-state index < -0.39 is 29.7 Å². The Morgan fingerprint density at radius 3 is 2.46 bits per heavy atom. The quantitative estimate of drug-likeness (QED) is 0.554. The van der Waals surface area contributed by atoms with E-state index in [2.05, 4.69) is 16.4 Å². The first-order valence-electron chi connectivity index (χ1n) is 12.6. The Labute approximate surface area is 213 Å². The van der Waals surface area contributed by atoms with Crippen molar-refractivity contribution in [3.05, 3.63) is 70.7 Å². The number of piperidine rings is 2. The lowest BCUT2D eigenvalue weighted by Gasteiger charge is -2.32. The van der Waals surface area contributed by atoms with Gasteiger partial charge in [-0.25, -0.2) is 4.39 Å². The van der Waals surface area contributed by atoms with Crippen LogP contribution in [0.1, 0.15) is 63.4 Å². The molecule has 2 fully saturated rings. The second kappa shape index (κ2) is 8.92. The number of hydrogen-bond acceptors (Lipinski definition) is 5. The summed E-state index contributed by atoms with van der Waals surface area (Å²) >= 11 is 0. The molecule has 3 aromatic rings. The molecule has 4 heterocycles. The lowest BCUT2D eigenvalue weighted by atomic mass is 9.89. The molecule has 0 aliphatic carbocycles. The summed E-state index contributed by atoms with van der Waals surface area (Å²) in [4.78, 5) is 53.1. The van der Waals surface area contributed by atoms with E-state index in [1.165, 1.54) is 11.6 Å². The molecule has 3 aliphatic heterocycles. The predicted octanol–water partition coefficient (Wildman–Crippen LogP) is 3.10. The fraction of sp³-hybridized carbons (Fsp3) is 0.357. The molecule has 6 rings (SSSR count). The van der Waals surface area contributed by atoms with Crippen LogP contribution in [0.3, 0.4) is 0 Å². The summed E-state index contributed by atoms with van der Waals surface area (Å²) in [6.07, 6.45) is 4.30. The van der Waals surface area contributed by atoms with Crippen molar-refractivity contribution in [3.8, 4) is 0 Å². The Hall–Kier alpha value is -3.85. The summed E-state index contributed by atoms with van der Waals surface area (Å²) in [6.45, 7) is 2.42. The number of amides is 4. The molecule has 0 spiro atoms. The van der Waals surface area contributed by atoms with Crippen LogP contribution in [0, 0.1) is 5.82 Å². The molecule has 1 N–H and O–H groups in total. The van der Waals surface area contributed by atoms with Crippen molar-refractivity contribution in [1.29, 1.82) is 0 Å². The third-order valence-electron chi connectivity index (χ3n) is 7.92. The molecule has 0 bridgehead atoms. The number of likely N-dealkylation sites (tertiary alicyclic amines) is 1. The molecule has 0 saturated carbocycles. The van der Waals surface area contributed by atoms with E-state index in [0.717, 1.165) is 47.3 Å². The molecule has 37 heavy (non-hydrogen) atoms. The van der Waals surface area contributed by atoms with Gasteiger partial charge in [-0.1, -0.05) is 6.07 Å². The van der Waals surface area contributed by atoms with Gasteiger partial charge < -0.3 is 4.57 Å². The van der Waals surface area contributed by atoms with Gasteiger partial charge in [-0.2, -0.15) is 0 Å². The monoisotopic (exact) mass is 502 g/mol. The Morgan fingerprint density at radius 2 is 1.70 bits per heavy atom. The summed E-state index contributed by atoms with van der Waals surface area (Å²) < 4.78 is 15.7. The maximum atomic E-state index is 13.7. The van der Waals surface area contributed by atoms with Crippen LogP contribution in [0.25, 0.3) is 10.9 Å². The maximum Gasteiger partial charge on any atom is 0.262 e. The Morgan fingerprint density at radius 1 is 0.946 bits per heavy atom. The fourth-order valence-electron chi connectivity index (χ4n) is 5.99. The highest BCUT2D eigenvalue weighted by Crippen LogP contribution is 2.35. The van der Waals surface area contributed by atoms with Crippen LogP contribution in [-0.4, -0.2) is 57.1 Å². The van der Waals surface area contributed by atoms with E-state index in [0.29, 0.717) is 23.6 Å². The zero-order valence-electron chi connectivity index (χ0n) is 20.5. The largest absolute Gasteiger partial charge is 0.350 e. The van der Waals surface area contributed by atoms with E-state index >= 15 is 0 Å². The van der Waals surface area contributed by atoms with Crippen LogP contribution >= 0.6 is 0 Å². The van der Waals surface area contributed by atoms with Gasteiger partial charge in [0.1, 0.15) is 11.9 Å². The van der Waals surface area contributed by atoms with Crippen molar-refractivity contribution < 1.29 is 23.6 Å². The Kier molecular flexibility index (Phi) is 5.67. The van der Waals surface area contributed by atoms with E-state index in [9.17, 15) is 23.6 Å². The maximum absolute atomic E-state index is 13.7. The number of aromatic nitrogens is 1. The standard InChI is InChI=1S/C28H27FN4O4/c1-31-15-22(19-5-3-18(29)13-24(19)31)17-8-10-32(11-9-17)14-16-2-4-20-21(12-16)28(37)33(27(20)36)23-6-7-25(34)30-26(23)35/h2-5,12-13,15,17,23H,6-11,14H2,1H3,(H,30,34,35). The van der Waals surface area contributed by atoms with Crippen molar-refractivity contribution in [2.45, 2.75) is 44.2 Å². The normalized spacial score (nSPS) is 21.1. The highest BCUT2D eigenvalue weighted by atomic mass is 19.1. The zero-order chi connectivity index (χ0) is 25.8. The first-order chi connectivity index (χ1) is 17.8. The second-order valence-electron chi connectivity index (χ2n) is 10.2. The molecule has 1 unspecified atom stereocenters. The molecule has 1 aromatic heterocycles. The molecule has 0 radical (unpaired) electrons. The van der Waals surface area contributed by atoms with Gasteiger partial charge in [0.15, 0.2) is 0 Å². The van der Waals surface area contributed by atoms with Crippen molar-refractivity contribution in [2.24, 2.45) is 7.05 Å². The van der Waals surface area contributed by atoms with Crippen LogP contribution in [0.5, 0.6) is 0 Å². The number of aryl methyl sites for hydroxylation is 1. The van der Waals surface area contributed by atoms with Gasteiger partial charge in [0, 0.05) is 31.6 Å². The number of rotatable bonds is 4. The van der Waals surface area contributed by atoms with Gasteiger partial charge in [0.25, 0.3) is 11.8 Å². The molecule has 190 valence electrons. The van der Waals surface area contributed by atoms with E-state index in [1.807, 2.05) is 23.7 Å². The van der Waals surface area contributed by atoms with Gasteiger partial charge in [-0.15, -0.1) is 0 Å². The number of fused-ring (bicyclic) bond motifs is 2. The number of carbonyl (C=O) groups is 4. The summed E-state index contributed by atoms with van der Waals surface area (Å²) in [7, 11) is 1.95. The molecule has 2 saturated heterocycles. The highest BCUT2D eigenvalue weighted by Gasteiger charge is 2.44. The molecule has 3 aliphatic rings. The molecule has 9 heteroatoms. The van der Waals surface area contributed by atoms with Crippen LogP contribution in [-0.2, 0) is 23.2 Å². The minimum Gasteiger partial charge on any atom is -0.350 e. The highest BCUT2D eigenvalue weighted by molar-refractivity contribution is 6.23. The van der Waals surface area contributed by atoms with Gasteiger partial charge in [0.05, 0.1) is 16.6 Å². The number of benzene rings is 2. The lowest BCUT2D eigenvalue weighted by molar-refractivity contribution is -0.136. The average Bonchev–Trinajstić information content (AvgIpc) is 3.33. The summed E-state index contributed by atoms with van der Waals surface area (Å²) in [5.41, 5.74) is 3.70. The lowest BCUT2D eigenvalue weighted by Crippen LogP contribution is -2.54. The van der Waals surface area contributed by atoms with Gasteiger partial charge in [-0.3, -0.25) is 34.3 Å². The van der Waals surface area contributed by atoms with Gasteiger partial charge >= 0.3 is 0 Å². The smallest absolute Gasteiger partial charge is 0.262 e. The number of hydrogen-bond donors (Lipinski definition) is 1. The minimum absolute atomic E-state index is 0.0979. The zero-order valence-corrected chi connectivity index (χ0v) is 20.5. The van der Waals surface area contributed by atoms with Gasteiger partial charge in [0.2, 0.25) is 11.8 Å². The molecule has 1 atom stereocenters. The van der Waals surface area contributed by atoms with Crippen LogP contribution < -0.4 is 5.32 Å². The van der Waals surface area contributed by atoms with E-state index in [4.69, 9.17) is 0 Å². The minimum atomic E-state index is -0.960. The Bertz CT molecular complexity index is 1470.